The summed E-state index contributed by atoms with van der Waals surface area (Å²) in [7, 11) is 5.42. The van der Waals surface area contributed by atoms with Crippen LogP contribution in [0.3, 0.4) is 0 Å². The molecule has 0 unspecified atom stereocenters. The van der Waals surface area contributed by atoms with Crippen molar-refractivity contribution in [1.82, 2.24) is 14.5 Å². The number of carbonyl (C=O) groups excluding carboxylic acids is 2. The first-order chi connectivity index (χ1) is 21.1. The molecule has 2 aromatic heterocycles. The maximum Gasteiger partial charge on any atom is 0.324 e. The van der Waals surface area contributed by atoms with E-state index in [-0.39, 0.29) is 18.6 Å². The molecule has 0 saturated heterocycles. The highest BCUT2D eigenvalue weighted by Crippen LogP contribution is 2.35. The Labute approximate surface area is 257 Å². The summed E-state index contributed by atoms with van der Waals surface area (Å²) < 4.78 is 12.9. The summed E-state index contributed by atoms with van der Waals surface area (Å²) in [6.07, 6.45) is 7.39. The predicted molar refractivity (Wildman–Crippen MR) is 172 cm³/mol. The minimum Gasteiger partial charge on any atom is -0.497 e. The smallest absolute Gasteiger partial charge is 0.324 e. The Balaban J connectivity index is 1.73. The van der Waals surface area contributed by atoms with Crippen LogP contribution >= 0.6 is 0 Å². The second-order valence-corrected chi connectivity index (χ2v) is 11.2. The Kier molecular flexibility index (Phi) is 10.5. The molecular weight excluding hydrogens is 556 g/mol. The van der Waals surface area contributed by atoms with Crippen molar-refractivity contribution in [3.8, 4) is 34.1 Å². The SMILES string of the molecule is COc1cc(NC(=O)/C=C/CN(C)C)cc(-c2cnc3c(c2)c(-c2cccc(C#N)c2)cn3COC(=O)[C@@H](N)CC(C)C)c1. The normalized spacial score (nSPS) is 12.1. The van der Waals surface area contributed by atoms with E-state index in [1.807, 2.05) is 69.4 Å². The number of likely N-dealkylation sites (N-methyl/N-ethyl adjacent to an activating group) is 1. The number of nitrogens with two attached hydrogens (primary N) is 1. The average molecular weight is 595 g/mol. The number of methoxy groups -OCH3 is 1. The number of nitriles is 1. The number of rotatable bonds is 12. The molecule has 1 amide bonds. The third kappa shape index (κ3) is 8.10. The van der Waals surface area contributed by atoms with Crippen LogP contribution in [-0.2, 0) is 21.1 Å². The number of hydrogen-bond acceptors (Lipinski definition) is 8. The van der Waals surface area contributed by atoms with Gasteiger partial charge in [-0.2, -0.15) is 5.26 Å². The lowest BCUT2D eigenvalue weighted by molar-refractivity contribution is -0.149. The Bertz CT molecular complexity index is 1720. The lowest BCUT2D eigenvalue weighted by atomic mass is 10.0. The Morgan fingerprint density at radius 3 is 2.64 bits per heavy atom. The van der Waals surface area contributed by atoms with Crippen LogP contribution in [0, 0.1) is 17.2 Å². The minimum absolute atomic E-state index is 0.0674. The number of hydrogen-bond donors (Lipinski definition) is 2. The molecule has 10 heteroatoms. The van der Waals surface area contributed by atoms with Crippen LogP contribution in [0.5, 0.6) is 5.75 Å². The molecule has 0 spiro atoms. The molecule has 0 aliphatic carbocycles. The standard InChI is InChI=1S/C34H38N6O4/c1-22(2)12-31(36)34(42)44-21-40-20-30(24-9-6-8-23(13-24)18-35)29-16-26(19-37-33(29)40)25-14-27(17-28(15-25)43-5)38-32(41)10-7-11-39(3)4/h6-10,13-17,19-20,22,31H,11-12,21,36H2,1-5H3,(H,38,41)/b10-7+/t31-/m0/s1. The highest BCUT2D eigenvalue weighted by Gasteiger charge is 2.19. The van der Waals surface area contributed by atoms with Crippen molar-refractivity contribution in [3.63, 3.8) is 0 Å². The summed E-state index contributed by atoms with van der Waals surface area (Å²) in [4.78, 5) is 31.8. The van der Waals surface area contributed by atoms with Crippen molar-refractivity contribution in [2.45, 2.75) is 33.0 Å². The van der Waals surface area contributed by atoms with Crippen molar-refractivity contribution in [3.05, 3.63) is 78.6 Å². The number of carbonyl (C=O) groups is 2. The zero-order valence-corrected chi connectivity index (χ0v) is 25.7. The molecule has 0 saturated carbocycles. The fraction of sp³-hybridized carbons (Fsp3) is 0.294. The molecule has 10 nitrogen and oxygen atoms in total. The van der Waals surface area contributed by atoms with Crippen LogP contribution in [-0.4, -0.2) is 60.1 Å². The first-order valence-electron chi connectivity index (χ1n) is 14.3. The van der Waals surface area contributed by atoms with Gasteiger partial charge in [0.25, 0.3) is 0 Å². The average Bonchev–Trinajstić information content (AvgIpc) is 3.37. The van der Waals surface area contributed by atoms with E-state index >= 15 is 0 Å². The summed E-state index contributed by atoms with van der Waals surface area (Å²) in [5, 5.41) is 13.2. The zero-order valence-electron chi connectivity index (χ0n) is 25.7. The zero-order chi connectivity index (χ0) is 31.8. The van der Waals surface area contributed by atoms with Crippen molar-refractivity contribution >= 4 is 28.6 Å². The molecule has 1 atom stereocenters. The van der Waals surface area contributed by atoms with Gasteiger partial charge in [0, 0.05) is 53.3 Å². The molecule has 0 fully saturated rings. The van der Waals surface area contributed by atoms with E-state index in [0.717, 1.165) is 27.6 Å². The van der Waals surface area contributed by atoms with E-state index < -0.39 is 12.0 Å². The summed E-state index contributed by atoms with van der Waals surface area (Å²) in [5.74, 6) is 0.0973. The van der Waals surface area contributed by atoms with Gasteiger partial charge in [-0.05, 0) is 67.9 Å². The fourth-order valence-corrected chi connectivity index (χ4v) is 4.77. The van der Waals surface area contributed by atoms with Gasteiger partial charge in [-0.3, -0.25) is 14.2 Å². The number of anilines is 1. The quantitative estimate of drug-likeness (QED) is 0.169. The molecule has 2 heterocycles. The molecular formula is C34H38N6O4. The maximum absolute atomic E-state index is 12.6. The van der Waals surface area contributed by atoms with E-state index in [2.05, 4.69) is 11.4 Å². The van der Waals surface area contributed by atoms with Crippen LogP contribution in [0.4, 0.5) is 5.69 Å². The van der Waals surface area contributed by atoms with E-state index in [1.165, 1.54) is 6.08 Å². The van der Waals surface area contributed by atoms with Gasteiger partial charge in [0.15, 0.2) is 6.73 Å². The molecule has 0 aliphatic rings. The van der Waals surface area contributed by atoms with Crippen LogP contribution in [0.2, 0.25) is 0 Å². The molecule has 3 N–H and O–H groups in total. The number of amides is 1. The molecule has 228 valence electrons. The summed E-state index contributed by atoms with van der Waals surface area (Å²) in [6, 6.07) is 16.2. The van der Waals surface area contributed by atoms with Gasteiger partial charge in [-0.15, -0.1) is 0 Å². The van der Waals surface area contributed by atoms with Gasteiger partial charge < -0.3 is 25.4 Å². The van der Waals surface area contributed by atoms with Crippen LogP contribution < -0.4 is 15.8 Å². The lowest BCUT2D eigenvalue weighted by Gasteiger charge is -2.14. The number of pyridine rings is 1. The molecule has 0 bridgehead atoms. The third-order valence-corrected chi connectivity index (χ3v) is 6.87. The summed E-state index contributed by atoms with van der Waals surface area (Å²) >= 11 is 0. The number of aromatic nitrogens is 2. The first kappa shape index (κ1) is 31.9. The number of nitrogens with one attached hydrogen (secondary N) is 1. The van der Waals surface area contributed by atoms with Gasteiger partial charge in [0.05, 0.1) is 18.7 Å². The Morgan fingerprint density at radius 1 is 1.14 bits per heavy atom. The number of benzene rings is 2. The predicted octanol–water partition coefficient (Wildman–Crippen LogP) is 5.18. The summed E-state index contributed by atoms with van der Waals surface area (Å²) in [6.45, 7) is 4.57. The van der Waals surface area contributed by atoms with Crippen molar-refractivity contribution in [2.24, 2.45) is 11.7 Å². The molecule has 0 radical (unpaired) electrons. The van der Waals surface area contributed by atoms with Gasteiger partial charge in [-0.1, -0.05) is 32.1 Å². The highest BCUT2D eigenvalue weighted by molar-refractivity contribution is 6.00. The topological polar surface area (TPSA) is 136 Å². The number of nitrogens with zero attached hydrogens (tertiary/aromatic N) is 4. The molecule has 2 aromatic carbocycles. The third-order valence-electron chi connectivity index (χ3n) is 6.87. The maximum atomic E-state index is 12.6. The van der Waals surface area contributed by atoms with E-state index in [9.17, 15) is 14.9 Å². The molecule has 4 rings (SSSR count). The monoisotopic (exact) mass is 594 g/mol. The summed E-state index contributed by atoms with van der Waals surface area (Å²) in [5.41, 5.74) is 10.9. The lowest BCUT2D eigenvalue weighted by Crippen LogP contribution is -2.33. The van der Waals surface area contributed by atoms with E-state index in [4.69, 9.17) is 20.2 Å². The van der Waals surface area contributed by atoms with Gasteiger partial charge in [-0.25, -0.2) is 4.98 Å². The van der Waals surface area contributed by atoms with Crippen molar-refractivity contribution < 1.29 is 19.1 Å². The van der Waals surface area contributed by atoms with Gasteiger partial charge >= 0.3 is 5.97 Å². The van der Waals surface area contributed by atoms with E-state index in [0.29, 0.717) is 35.6 Å². The van der Waals surface area contributed by atoms with Gasteiger partial charge in [0.2, 0.25) is 5.91 Å². The molecule has 0 aliphatic heterocycles. The molecule has 44 heavy (non-hydrogen) atoms. The van der Waals surface area contributed by atoms with Crippen LogP contribution in [0.15, 0.2) is 73.1 Å². The first-order valence-corrected chi connectivity index (χ1v) is 14.3. The second-order valence-electron chi connectivity index (χ2n) is 11.2. The van der Waals surface area contributed by atoms with E-state index in [1.54, 1.807) is 42.1 Å². The molecule has 4 aromatic rings. The van der Waals surface area contributed by atoms with Crippen LogP contribution in [0.1, 0.15) is 25.8 Å². The van der Waals surface area contributed by atoms with Crippen molar-refractivity contribution in [1.29, 1.82) is 5.26 Å². The second kappa shape index (κ2) is 14.5. The fourth-order valence-electron chi connectivity index (χ4n) is 4.77. The number of esters is 1. The number of ether oxygens (including phenoxy) is 2. The number of fused-ring (bicyclic) bond motifs is 1. The largest absolute Gasteiger partial charge is 0.497 e. The Morgan fingerprint density at radius 2 is 1.93 bits per heavy atom. The van der Waals surface area contributed by atoms with Crippen molar-refractivity contribution in [2.75, 3.05) is 33.1 Å². The van der Waals surface area contributed by atoms with Gasteiger partial charge in [0.1, 0.15) is 17.4 Å². The van der Waals surface area contributed by atoms with Crippen LogP contribution in [0.25, 0.3) is 33.3 Å². The minimum atomic E-state index is -0.714. The highest BCUT2D eigenvalue weighted by atomic mass is 16.5. The Hall–Kier alpha value is -4.98.